The van der Waals surface area contributed by atoms with Crippen molar-refractivity contribution in [3.8, 4) is 11.5 Å². The molecule has 4 aromatic rings. The maximum atomic E-state index is 15.1. The van der Waals surface area contributed by atoms with Crippen LogP contribution >= 0.6 is 0 Å². The summed E-state index contributed by atoms with van der Waals surface area (Å²) in [5.74, 6) is -3.77. The molecule has 8 nitrogen and oxygen atoms in total. The van der Waals surface area contributed by atoms with Crippen molar-refractivity contribution in [2.45, 2.75) is 17.8 Å². The molecule has 4 aromatic carbocycles. The number of anilines is 4. The fraction of sp³-hybridized carbons (Fsp3) is 0.103. The van der Waals surface area contributed by atoms with Crippen LogP contribution in [0.5, 0.6) is 11.5 Å². The van der Waals surface area contributed by atoms with Crippen LogP contribution in [-0.4, -0.2) is 34.4 Å². The van der Waals surface area contributed by atoms with Crippen molar-refractivity contribution in [2.75, 3.05) is 22.1 Å². The largest absolute Gasteiger partial charge is 0.508 e. The van der Waals surface area contributed by atoms with Crippen molar-refractivity contribution in [2.24, 2.45) is 0 Å². The zero-order valence-corrected chi connectivity index (χ0v) is 21.7. The molecule has 0 bridgehead atoms. The zero-order valence-electron chi connectivity index (χ0n) is 21.7. The number of hydrogen-bond donors (Lipinski definition) is 6. The van der Waals surface area contributed by atoms with Crippen molar-refractivity contribution in [1.29, 1.82) is 0 Å². The third-order valence-corrected chi connectivity index (χ3v) is 6.46. The van der Waals surface area contributed by atoms with Crippen LogP contribution in [0.25, 0.3) is 0 Å². The molecule has 0 atom stereocenters. The summed E-state index contributed by atoms with van der Waals surface area (Å²) in [6.07, 6.45) is -12.3. The minimum absolute atomic E-state index is 0.0911. The second-order valence-corrected chi connectivity index (χ2v) is 9.36. The maximum absolute atomic E-state index is 15.1. The van der Waals surface area contributed by atoms with Crippen molar-refractivity contribution in [3.63, 3.8) is 0 Å². The smallest absolute Gasteiger partial charge is 0.411 e. The standard InChI is InChI=1S/C29H22F6N4O4/c30-28(31,32)27(29(33,34)35,21-9-7-19(40)13-23(21)38-25(42)15-3-1-5-17(36)11-15)22-10-8-20(41)14-24(22)39-26(43)16-4-2-6-18(37)12-16/h1-14,40-41H,36-37H2,(H,38,42)(H,39,43). The molecule has 4 rings (SSSR count). The lowest BCUT2D eigenvalue weighted by molar-refractivity contribution is -0.288. The van der Waals surface area contributed by atoms with Gasteiger partial charge in [0, 0.05) is 57.1 Å². The quantitative estimate of drug-likeness (QED) is 0.114. The van der Waals surface area contributed by atoms with E-state index in [0.29, 0.717) is 36.4 Å². The highest BCUT2D eigenvalue weighted by Crippen LogP contribution is 2.59. The lowest BCUT2D eigenvalue weighted by Gasteiger charge is -2.40. The Bertz CT molecular complexity index is 1580. The zero-order chi connectivity index (χ0) is 31.7. The summed E-state index contributed by atoms with van der Waals surface area (Å²) >= 11 is 0. The normalized spacial score (nSPS) is 12.0. The Labute approximate surface area is 239 Å². The van der Waals surface area contributed by atoms with Gasteiger partial charge in [-0.15, -0.1) is 0 Å². The molecule has 0 unspecified atom stereocenters. The van der Waals surface area contributed by atoms with Gasteiger partial charge in [-0.3, -0.25) is 9.59 Å². The van der Waals surface area contributed by atoms with Crippen molar-refractivity contribution in [1.82, 2.24) is 0 Å². The van der Waals surface area contributed by atoms with Crippen LogP contribution in [0.2, 0.25) is 0 Å². The fourth-order valence-electron chi connectivity index (χ4n) is 4.59. The van der Waals surface area contributed by atoms with Gasteiger partial charge in [-0.1, -0.05) is 24.3 Å². The van der Waals surface area contributed by atoms with Crippen LogP contribution in [0.1, 0.15) is 31.8 Å². The Balaban J connectivity index is 1.99. The summed E-state index contributed by atoms with van der Waals surface area (Å²) in [5, 5.41) is 24.1. The molecule has 0 heterocycles. The highest BCUT2D eigenvalue weighted by molar-refractivity contribution is 6.06. The highest BCUT2D eigenvalue weighted by Gasteiger charge is 2.74. The molecule has 0 saturated carbocycles. The second-order valence-electron chi connectivity index (χ2n) is 9.36. The van der Waals surface area contributed by atoms with E-state index in [9.17, 15) is 19.8 Å². The number of amides is 2. The number of nitrogens with two attached hydrogens (primary N) is 2. The molecule has 14 heteroatoms. The summed E-state index contributed by atoms with van der Waals surface area (Å²) in [6, 6.07) is 13.2. The van der Waals surface area contributed by atoms with Gasteiger partial charge in [-0.2, -0.15) is 26.3 Å². The van der Waals surface area contributed by atoms with E-state index < -0.39 is 63.6 Å². The molecular weight excluding hydrogens is 582 g/mol. The van der Waals surface area contributed by atoms with Crippen molar-refractivity contribution in [3.05, 3.63) is 107 Å². The molecule has 224 valence electrons. The molecule has 0 saturated heterocycles. The summed E-state index contributed by atoms with van der Waals surface area (Å²) in [4.78, 5) is 25.8. The lowest BCUT2D eigenvalue weighted by Crippen LogP contribution is -2.55. The number of alkyl halides is 6. The van der Waals surface area contributed by atoms with Crippen molar-refractivity contribution < 1.29 is 46.1 Å². The molecule has 0 aliphatic carbocycles. The predicted octanol–water partition coefficient (Wildman–Crippen LogP) is 6.18. The minimum atomic E-state index is -6.17. The Morgan fingerprint density at radius 1 is 0.581 bits per heavy atom. The van der Waals surface area contributed by atoms with E-state index in [1.807, 2.05) is 10.6 Å². The summed E-state index contributed by atoms with van der Waals surface area (Å²) in [5.41, 5.74) is 1.01. The molecule has 0 spiro atoms. The maximum Gasteiger partial charge on any atom is 0.411 e. The van der Waals surface area contributed by atoms with Crippen LogP contribution in [0.15, 0.2) is 84.9 Å². The van der Waals surface area contributed by atoms with Gasteiger partial charge in [0.2, 0.25) is 5.41 Å². The van der Waals surface area contributed by atoms with Gasteiger partial charge in [0.25, 0.3) is 11.8 Å². The molecule has 8 N–H and O–H groups in total. The average Bonchev–Trinajstić information content (AvgIpc) is 2.89. The molecule has 0 aromatic heterocycles. The predicted molar refractivity (Wildman–Crippen MR) is 147 cm³/mol. The Morgan fingerprint density at radius 2 is 0.953 bits per heavy atom. The van der Waals surface area contributed by atoms with E-state index in [-0.39, 0.29) is 22.5 Å². The summed E-state index contributed by atoms with van der Waals surface area (Å²) in [6.45, 7) is 0. The molecule has 0 aliphatic heterocycles. The summed E-state index contributed by atoms with van der Waals surface area (Å²) in [7, 11) is 0. The van der Waals surface area contributed by atoms with E-state index >= 15 is 26.3 Å². The van der Waals surface area contributed by atoms with E-state index in [4.69, 9.17) is 11.5 Å². The first-order valence-corrected chi connectivity index (χ1v) is 12.2. The first kappa shape index (κ1) is 30.6. The first-order valence-electron chi connectivity index (χ1n) is 12.2. The van der Waals surface area contributed by atoms with Crippen LogP contribution in [-0.2, 0) is 5.41 Å². The number of rotatable bonds is 6. The molecule has 0 radical (unpaired) electrons. The summed E-state index contributed by atoms with van der Waals surface area (Å²) < 4.78 is 90.8. The third-order valence-electron chi connectivity index (χ3n) is 6.46. The van der Waals surface area contributed by atoms with Crippen LogP contribution in [0.3, 0.4) is 0 Å². The highest BCUT2D eigenvalue weighted by atomic mass is 19.4. The van der Waals surface area contributed by atoms with Gasteiger partial charge < -0.3 is 32.3 Å². The lowest BCUT2D eigenvalue weighted by atomic mass is 9.71. The number of phenolic OH excluding ortho intramolecular Hbond substituents is 2. The number of carbonyl (C=O) groups is 2. The molecule has 0 fully saturated rings. The van der Waals surface area contributed by atoms with E-state index in [1.165, 1.54) is 36.4 Å². The van der Waals surface area contributed by atoms with Crippen LogP contribution in [0.4, 0.5) is 49.1 Å². The van der Waals surface area contributed by atoms with Crippen LogP contribution < -0.4 is 22.1 Å². The van der Waals surface area contributed by atoms with E-state index in [1.54, 1.807) is 0 Å². The number of hydrogen-bond acceptors (Lipinski definition) is 6. The van der Waals surface area contributed by atoms with E-state index in [2.05, 4.69) is 0 Å². The molecule has 0 aliphatic rings. The Morgan fingerprint density at radius 3 is 1.28 bits per heavy atom. The second kappa shape index (κ2) is 11.1. The number of phenols is 2. The number of nitrogen functional groups attached to an aromatic ring is 2. The minimum Gasteiger partial charge on any atom is -0.508 e. The fourth-order valence-corrected chi connectivity index (χ4v) is 4.59. The first-order chi connectivity index (χ1) is 20.0. The SMILES string of the molecule is Nc1cccc(C(=O)Nc2cc(O)ccc2C(c2ccc(O)cc2NC(=O)c2cccc(N)c2)(C(F)(F)F)C(F)(F)F)c1. The van der Waals surface area contributed by atoms with Gasteiger partial charge in [0.1, 0.15) is 11.5 Å². The molecule has 2 amide bonds. The van der Waals surface area contributed by atoms with Gasteiger partial charge in [-0.25, -0.2) is 0 Å². The van der Waals surface area contributed by atoms with E-state index in [0.717, 1.165) is 12.1 Å². The Hall–Kier alpha value is -5.40. The van der Waals surface area contributed by atoms with Gasteiger partial charge >= 0.3 is 12.4 Å². The molecule has 43 heavy (non-hydrogen) atoms. The number of aromatic hydroxyl groups is 2. The van der Waals surface area contributed by atoms with Crippen molar-refractivity contribution >= 4 is 34.6 Å². The van der Waals surface area contributed by atoms with Gasteiger partial charge in [0.05, 0.1) is 0 Å². The Kier molecular flexibility index (Phi) is 7.90. The van der Waals surface area contributed by atoms with Gasteiger partial charge in [-0.05, 0) is 48.5 Å². The topological polar surface area (TPSA) is 151 Å². The van der Waals surface area contributed by atoms with Crippen LogP contribution in [0, 0.1) is 0 Å². The average molecular weight is 605 g/mol. The number of carbonyl (C=O) groups excluding carboxylic acids is 2. The number of benzene rings is 4. The third kappa shape index (κ3) is 5.84. The number of nitrogens with one attached hydrogen (secondary N) is 2. The van der Waals surface area contributed by atoms with Gasteiger partial charge in [0.15, 0.2) is 0 Å². The molecular formula is C29H22F6N4O4. The number of halogens is 6. The monoisotopic (exact) mass is 604 g/mol.